The first kappa shape index (κ1) is 31.0. The molecule has 6 heteroatoms. The molecule has 0 saturated heterocycles. The molecule has 2 fully saturated rings. The van der Waals surface area contributed by atoms with Crippen molar-refractivity contribution in [3.05, 3.63) is 58.7 Å². The SMILES string of the molecule is CC(=O)OC1CCC2(C)C(=C(C)CC3C4CC=C(C(=O)CC[NH2+]C(C)C(O)c5ccccc5)C4(C)CCC32)C1.[Cl-]. The maximum atomic E-state index is 13.6. The van der Waals surface area contributed by atoms with Crippen molar-refractivity contribution in [3.63, 3.8) is 0 Å². The highest BCUT2D eigenvalue weighted by atomic mass is 35.5. The minimum Gasteiger partial charge on any atom is -1.00 e. The molecule has 40 heavy (non-hydrogen) atoms. The quantitative estimate of drug-likeness (QED) is 0.372. The minimum absolute atomic E-state index is 0. The van der Waals surface area contributed by atoms with E-state index in [4.69, 9.17) is 4.74 Å². The van der Waals surface area contributed by atoms with Crippen LogP contribution in [0.5, 0.6) is 0 Å². The Kier molecular flexibility index (Phi) is 9.39. The summed E-state index contributed by atoms with van der Waals surface area (Å²) < 4.78 is 5.64. The Hall–Kier alpha value is -1.95. The molecule has 4 aliphatic rings. The molecule has 3 N–H and O–H groups in total. The molecule has 4 aliphatic carbocycles. The number of allylic oxidation sites excluding steroid dienone is 3. The van der Waals surface area contributed by atoms with E-state index in [2.05, 4.69) is 32.2 Å². The molecule has 8 unspecified atom stereocenters. The molecular formula is C34H48ClNO4. The van der Waals surface area contributed by atoms with Crippen LogP contribution in [0.2, 0.25) is 0 Å². The van der Waals surface area contributed by atoms with E-state index < -0.39 is 6.10 Å². The number of esters is 1. The predicted molar refractivity (Wildman–Crippen MR) is 153 cm³/mol. The van der Waals surface area contributed by atoms with E-state index in [0.717, 1.165) is 49.7 Å². The van der Waals surface area contributed by atoms with Crippen LogP contribution in [0.4, 0.5) is 0 Å². The maximum absolute atomic E-state index is 13.6. The number of carbonyl (C=O) groups excluding carboxylic acids is 2. The lowest BCUT2D eigenvalue weighted by Crippen LogP contribution is -3.00. The molecular weight excluding hydrogens is 522 g/mol. The van der Waals surface area contributed by atoms with Crippen molar-refractivity contribution in [1.82, 2.24) is 0 Å². The number of aliphatic hydroxyl groups excluding tert-OH is 1. The highest BCUT2D eigenvalue weighted by molar-refractivity contribution is 5.97. The van der Waals surface area contributed by atoms with Gasteiger partial charge in [-0.3, -0.25) is 9.59 Å². The maximum Gasteiger partial charge on any atom is 0.302 e. The van der Waals surface area contributed by atoms with Crippen LogP contribution in [0.3, 0.4) is 0 Å². The number of nitrogens with two attached hydrogens (primary N) is 1. The number of carbonyl (C=O) groups is 2. The molecule has 0 spiro atoms. The molecule has 1 aromatic carbocycles. The van der Waals surface area contributed by atoms with Crippen LogP contribution in [0.15, 0.2) is 53.1 Å². The van der Waals surface area contributed by atoms with Gasteiger partial charge in [0.25, 0.3) is 0 Å². The molecule has 0 aliphatic heterocycles. The average Bonchev–Trinajstić information content (AvgIpc) is 3.26. The third-order valence-electron chi connectivity index (χ3n) is 11.2. The Labute approximate surface area is 246 Å². The molecule has 0 bridgehead atoms. The molecule has 1 aromatic rings. The number of benzene rings is 1. The van der Waals surface area contributed by atoms with Gasteiger partial charge in [-0.2, -0.15) is 0 Å². The van der Waals surface area contributed by atoms with Crippen molar-refractivity contribution in [3.8, 4) is 0 Å². The van der Waals surface area contributed by atoms with Gasteiger partial charge in [0.1, 0.15) is 18.2 Å². The van der Waals surface area contributed by atoms with Crippen LogP contribution >= 0.6 is 0 Å². The first-order valence-electron chi connectivity index (χ1n) is 15.2. The van der Waals surface area contributed by atoms with Crippen molar-refractivity contribution < 1.29 is 37.2 Å². The van der Waals surface area contributed by atoms with Crippen LogP contribution in [-0.2, 0) is 14.3 Å². The number of ketones is 1. The van der Waals surface area contributed by atoms with Gasteiger partial charge >= 0.3 is 5.97 Å². The first-order chi connectivity index (χ1) is 18.5. The largest absolute Gasteiger partial charge is 1.00 e. The molecule has 0 aromatic heterocycles. The van der Waals surface area contributed by atoms with Crippen LogP contribution in [0.25, 0.3) is 0 Å². The molecule has 220 valence electrons. The van der Waals surface area contributed by atoms with Gasteiger partial charge in [-0.1, -0.05) is 61.4 Å². The molecule has 5 rings (SSSR count). The molecule has 2 saturated carbocycles. The van der Waals surface area contributed by atoms with Crippen LogP contribution in [0.1, 0.15) is 97.7 Å². The predicted octanol–water partition coefficient (Wildman–Crippen LogP) is 2.46. The number of Topliss-reactive ketones (excluding diaryl/α,β-unsaturated/α-hetero) is 1. The van der Waals surface area contributed by atoms with Gasteiger partial charge in [0.2, 0.25) is 0 Å². The Balaban J connectivity index is 0.00000370. The summed E-state index contributed by atoms with van der Waals surface area (Å²) in [6, 6.07) is 9.77. The summed E-state index contributed by atoms with van der Waals surface area (Å²) in [5.74, 6) is 1.91. The number of fused-ring (bicyclic) bond motifs is 5. The monoisotopic (exact) mass is 569 g/mol. The molecule has 8 atom stereocenters. The Morgan fingerprint density at radius 3 is 2.48 bits per heavy atom. The van der Waals surface area contributed by atoms with E-state index in [9.17, 15) is 14.7 Å². The van der Waals surface area contributed by atoms with Crippen molar-refractivity contribution >= 4 is 11.8 Å². The lowest BCUT2D eigenvalue weighted by molar-refractivity contribution is -0.693. The zero-order valence-electron chi connectivity index (χ0n) is 24.9. The van der Waals surface area contributed by atoms with Gasteiger partial charge in [-0.05, 0) is 92.1 Å². The van der Waals surface area contributed by atoms with Crippen molar-refractivity contribution in [2.75, 3.05) is 6.54 Å². The standard InChI is InChI=1S/C34H47NO4.ClH/c1-21-19-26-27-11-12-29(31(37)15-18-35-22(2)32(38)24-9-7-6-8-10-24)33(27,4)17-14-28(26)34(5)16-13-25(20-30(21)34)39-23(3)36;/h6-10,12,22,25-28,32,35,38H,11,13-20H2,1-5H3;1H. The zero-order valence-corrected chi connectivity index (χ0v) is 25.7. The number of hydrogen-bond donors (Lipinski definition) is 2. The summed E-state index contributed by atoms with van der Waals surface area (Å²) in [7, 11) is 0. The number of rotatable bonds is 8. The van der Waals surface area contributed by atoms with Crippen molar-refractivity contribution in [2.45, 2.75) is 104 Å². The number of halogens is 1. The van der Waals surface area contributed by atoms with Gasteiger partial charge < -0.3 is 27.6 Å². The lowest BCUT2D eigenvalue weighted by Gasteiger charge is -2.58. The summed E-state index contributed by atoms with van der Waals surface area (Å²) in [6.45, 7) is 11.4. The fourth-order valence-electron chi connectivity index (χ4n) is 9.12. The highest BCUT2D eigenvalue weighted by Gasteiger charge is 2.58. The summed E-state index contributed by atoms with van der Waals surface area (Å²) in [5, 5.41) is 12.8. The Bertz CT molecular complexity index is 1160. The minimum atomic E-state index is -0.540. The Morgan fingerprint density at radius 1 is 1.07 bits per heavy atom. The second-order valence-electron chi connectivity index (χ2n) is 13.5. The normalized spacial score (nSPS) is 34.4. The van der Waals surface area contributed by atoms with Gasteiger partial charge in [0.05, 0.1) is 13.0 Å². The lowest BCUT2D eigenvalue weighted by atomic mass is 9.46. The fourth-order valence-corrected chi connectivity index (χ4v) is 9.12. The average molecular weight is 570 g/mol. The van der Waals surface area contributed by atoms with Crippen molar-refractivity contribution in [2.24, 2.45) is 28.6 Å². The summed E-state index contributed by atoms with van der Waals surface area (Å²) >= 11 is 0. The third kappa shape index (κ3) is 5.58. The van der Waals surface area contributed by atoms with E-state index in [0.29, 0.717) is 36.5 Å². The van der Waals surface area contributed by atoms with E-state index in [1.165, 1.54) is 18.9 Å². The van der Waals surface area contributed by atoms with Crippen molar-refractivity contribution in [1.29, 1.82) is 0 Å². The van der Waals surface area contributed by atoms with E-state index >= 15 is 0 Å². The number of ether oxygens (including phenoxy) is 1. The zero-order chi connectivity index (χ0) is 27.9. The smallest absolute Gasteiger partial charge is 0.302 e. The number of quaternary nitrogens is 1. The van der Waals surface area contributed by atoms with Gasteiger partial charge in [0, 0.05) is 13.3 Å². The summed E-state index contributed by atoms with van der Waals surface area (Å²) in [4.78, 5) is 25.2. The first-order valence-corrected chi connectivity index (χ1v) is 15.2. The van der Waals surface area contributed by atoms with Gasteiger partial charge in [-0.25, -0.2) is 0 Å². The van der Waals surface area contributed by atoms with Crippen LogP contribution < -0.4 is 17.7 Å². The third-order valence-corrected chi connectivity index (χ3v) is 11.2. The van der Waals surface area contributed by atoms with Crippen LogP contribution in [-0.4, -0.2) is 35.5 Å². The van der Waals surface area contributed by atoms with Gasteiger partial charge in [0.15, 0.2) is 5.78 Å². The summed E-state index contributed by atoms with van der Waals surface area (Å²) in [5.41, 5.74) is 5.20. The Morgan fingerprint density at radius 2 is 1.77 bits per heavy atom. The second-order valence-corrected chi connectivity index (χ2v) is 13.5. The van der Waals surface area contributed by atoms with Crippen LogP contribution in [0, 0.1) is 28.6 Å². The molecule has 0 radical (unpaired) electrons. The molecule has 5 nitrogen and oxygen atoms in total. The molecule has 0 amide bonds. The van der Waals surface area contributed by atoms with E-state index in [1.54, 1.807) is 5.57 Å². The number of hydrogen-bond acceptors (Lipinski definition) is 4. The van der Waals surface area contributed by atoms with Gasteiger partial charge in [-0.15, -0.1) is 0 Å². The fraction of sp³-hybridized carbons (Fsp3) is 0.647. The van der Waals surface area contributed by atoms with E-state index in [-0.39, 0.29) is 41.4 Å². The second kappa shape index (κ2) is 12.1. The highest BCUT2D eigenvalue weighted by Crippen LogP contribution is 2.66. The molecule has 0 heterocycles. The topological polar surface area (TPSA) is 80.2 Å². The van der Waals surface area contributed by atoms with E-state index in [1.807, 2.05) is 37.3 Å². The summed E-state index contributed by atoms with van der Waals surface area (Å²) in [6.07, 6.45) is 9.60. The number of aliphatic hydroxyl groups is 1.